The van der Waals surface area contributed by atoms with Gasteiger partial charge in [0.1, 0.15) is 0 Å². The third kappa shape index (κ3) is 0.789. The lowest BCUT2D eigenvalue weighted by Gasteiger charge is -2.45. The van der Waals surface area contributed by atoms with Gasteiger partial charge < -0.3 is 4.74 Å². The van der Waals surface area contributed by atoms with Crippen LogP contribution in [0.3, 0.4) is 0 Å². The number of likely N-dealkylation sites (tertiary alicyclic amines) is 1. The zero-order valence-electron chi connectivity index (χ0n) is 6.71. The van der Waals surface area contributed by atoms with Gasteiger partial charge >= 0.3 is 0 Å². The summed E-state index contributed by atoms with van der Waals surface area (Å²) < 4.78 is 5.37. The fourth-order valence-electron chi connectivity index (χ4n) is 1.99. The van der Waals surface area contributed by atoms with Crippen LogP contribution in [0.1, 0.15) is 13.8 Å². The van der Waals surface area contributed by atoms with E-state index in [4.69, 9.17) is 4.74 Å². The van der Waals surface area contributed by atoms with Crippen molar-refractivity contribution in [1.82, 2.24) is 4.90 Å². The van der Waals surface area contributed by atoms with Crippen LogP contribution in [-0.2, 0) is 4.74 Å². The minimum atomic E-state index is 0.711. The summed E-state index contributed by atoms with van der Waals surface area (Å²) >= 11 is 0. The molecule has 2 heteroatoms. The Morgan fingerprint density at radius 2 is 2.20 bits per heavy atom. The third-order valence-corrected chi connectivity index (χ3v) is 2.70. The summed E-state index contributed by atoms with van der Waals surface area (Å²) in [6.45, 7) is 7.77. The Balaban J connectivity index is 1.94. The average Bonchev–Trinajstić information content (AvgIpc) is 2.11. The van der Waals surface area contributed by atoms with Crippen molar-refractivity contribution >= 4 is 0 Å². The smallest absolute Gasteiger partial charge is 0.0626 e. The van der Waals surface area contributed by atoms with Crippen molar-refractivity contribution in [2.45, 2.75) is 25.9 Å². The maximum atomic E-state index is 5.37. The molecule has 2 nitrogen and oxygen atoms in total. The van der Waals surface area contributed by atoms with Crippen LogP contribution in [0, 0.1) is 5.92 Å². The van der Waals surface area contributed by atoms with Crippen molar-refractivity contribution in [3.8, 4) is 0 Å². The quantitative estimate of drug-likeness (QED) is 0.533. The molecule has 2 unspecified atom stereocenters. The lowest BCUT2D eigenvalue weighted by Crippen LogP contribution is -2.58. The van der Waals surface area contributed by atoms with Gasteiger partial charge in [-0.2, -0.15) is 0 Å². The largest absolute Gasteiger partial charge is 0.379 e. The molecule has 2 aliphatic rings. The van der Waals surface area contributed by atoms with Crippen molar-refractivity contribution in [2.75, 3.05) is 19.8 Å². The van der Waals surface area contributed by atoms with E-state index in [1.807, 2.05) is 0 Å². The lowest BCUT2D eigenvalue weighted by molar-refractivity contribution is 0.0211. The monoisotopic (exact) mass is 141 g/mol. The summed E-state index contributed by atoms with van der Waals surface area (Å²) in [6, 6.07) is 1.47. The van der Waals surface area contributed by atoms with Crippen LogP contribution >= 0.6 is 0 Å². The molecule has 2 rings (SSSR count). The molecule has 0 bridgehead atoms. The highest BCUT2D eigenvalue weighted by Gasteiger charge is 2.43. The normalized spacial score (nSPS) is 39.9. The first-order valence-corrected chi connectivity index (χ1v) is 4.12. The molecule has 0 amide bonds. The summed E-state index contributed by atoms with van der Waals surface area (Å²) in [5.74, 6) is 0.863. The van der Waals surface area contributed by atoms with Crippen LogP contribution in [0.15, 0.2) is 0 Å². The van der Waals surface area contributed by atoms with Gasteiger partial charge in [-0.25, -0.2) is 0 Å². The zero-order chi connectivity index (χ0) is 7.14. The Morgan fingerprint density at radius 1 is 1.40 bits per heavy atom. The second-order valence-electron chi connectivity index (χ2n) is 3.66. The molecule has 2 heterocycles. The van der Waals surface area contributed by atoms with Gasteiger partial charge in [-0.05, 0) is 13.8 Å². The second kappa shape index (κ2) is 2.21. The minimum Gasteiger partial charge on any atom is -0.379 e. The van der Waals surface area contributed by atoms with E-state index < -0.39 is 0 Å². The molecule has 0 aromatic heterocycles. The second-order valence-corrected chi connectivity index (χ2v) is 3.66. The highest BCUT2D eigenvalue weighted by Crippen LogP contribution is 2.31. The van der Waals surface area contributed by atoms with Gasteiger partial charge in [0.2, 0.25) is 0 Å². The Labute approximate surface area is 62.2 Å². The van der Waals surface area contributed by atoms with Crippen LogP contribution in [0.2, 0.25) is 0 Å². The molecule has 0 aromatic rings. The van der Waals surface area contributed by atoms with Crippen LogP contribution in [0.25, 0.3) is 0 Å². The zero-order valence-corrected chi connectivity index (χ0v) is 6.71. The Kier molecular flexibility index (Phi) is 1.46. The molecule has 0 saturated carbocycles. The topological polar surface area (TPSA) is 12.5 Å². The van der Waals surface area contributed by atoms with Gasteiger partial charge in [-0.1, -0.05) is 0 Å². The Bertz CT molecular complexity index is 135. The summed E-state index contributed by atoms with van der Waals surface area (Å²) in [7, 11) is 0. The van der Waals surface area contributed by atoms with E-state index in [-0.39, 0.29) is 0 Å². The highest BCUT2D eigenvalue weighted by molar-refractivity contribution is 4.96. The first kappa shape index (κ1) is 6.62. The molecule has 2 aliphatic heterocycles. The molecule has 0 N–H and O–H groups in total. The number of nitrogens with zero attached hydrogens (tertiary/aromatic N) is 1. The van der Waals surface area contributed by atoms with Crippen LogP contribution in [0.5, 0.6) is 0 Å². The number of rotatable bonds is 1. The standard InChI is InChI=1S/C8H15NO/c1-6(2)9-3-7-4-10-5-8(7)9/h6-8H,3-5H2,1-2H3. The fraction of sp³-hybridized carbons (Fsp3) is 1.00. The van der Waals surface area contributed by atoms with E-state index >= 15 is 0 Å². The van der Waals surface area contributed by atoms with Crippen molar-refractivity contribution in [2.24, 2.45) is 5.92 Å². The summed E-state index contributed by atoms with van der Waals surface area (Å²) in [5.41, 5.74) is 0. The highest BCUT2D eigenvalue weighted by atomic mass is 16.5. The lowest BCUT2D eigenvalue weighted by atomic mass is 9.90. The Morgan fingerprint density at radius 3 is 2.80 bits per heavy atom. The van der Waals surface area contributed by atoms with Gasteiger partial charge in [0.05, 0.1) is 13.2 Å². The van der Waals surface area contributed by atoms with Gasteiger partial charge in [0.25, 0.3) is 0 Å². The molecule has 0 radical (unpaired) electrons. The average molecular weight is 141 g/mol. The van der Waals surface area contributed by atoms with Crippen molar-refractivity contribution in [3.05, 3.63) is 0 Å². The number of hydrogen-bond donors (Lipinski definition) is 0. The van der Waals surface area contributed by atoms with Crippen LogP contribution in [0.4, 0.5) is 0 Å². The van der Waals surface area contributed by atoms with E-state index in [1.54, 1.807) is 0 Å². The molecule has 10 heavy (non-hydrogen) atoms. The predicted molar refractivity (Wildman–Crippen MR) is 39.9 cm³/mol. The number of hydrogen-bond acceptors (Lipinski definition) is 2. The van der Waals surface area contributed by atoms with Crippen molar-refractivity contribution in [3.63, 3.8) is 0 Å². The van der Waals surface area contributed by atoms with E-state index in [0.29, 0.717) is 6.04 Å². The summed E-state index contributed by atoms with van der Waals surface area (Å²) in [5, 5.41) is 0. The van der Waals surface area contributed by atoms with E-state index in [1.165, 1.54) is 6.54 Å². The maximum absolute atomic E-state index is 5.37. The fourth-order valence-corrected chi connectivity index (χ4v) is 1.99. The first-order valence-electron chi connectivity index (χ1n) is 4.12. The van der Waals surface area contributed by atoms with E-state index in [9.17, 15) is 0 Å². The van der Waals surface area contributed by atoms with E-state index in [0.717, 1.165) is 25.2 Å². The number of fused-ring (bicyclic) bond motifs is 1. The SMILES string of the molecule is CC(C)N1CC2COCC21. The molecular weight excluding hydrogens is 126 g/mol. The molecular formula is C8H15NO. The Hall–Kier alpha value is -0.0800. The maximum Gasteiger partial charge on any atom is 0.0626 e. The molecule has 58 valence electrons. The van der Waals surface area contributed by atoms with Gasteiger partial charge in [0, 0.05) is 24.5 Å². The molecule has 0 aromatic carbocycles. The van der Waals surface area contributed by atoms with Gasteiger partial charge in [0.15, 0.2) is 0 Å². The minimum absolute atomic E-state index is 0.711. The molecule has 0 aliphatic carbocycles. The summed E-state index contributed by atoms with van der Waals surface area (Å²) in [4.78, 5) is 2.53. The molecule has 2 atom stereocenters. The predicted octanol–water partition coefficient (Wildman–Crippen LogP) is 0.725. The van der Waals surface area contributed by atoms with Crippen LogP contribution < -0.4 is 0 Å². The van der Waals surface area contributed by atoms with Gasteiger partial charge in [-0.3, -0.25) is 4.90 Å². The van der Waals surface area contributed by atoms with Crippen molar-refractivity contribution in [1.29, 1.82) is 0 Å². The molecule has 2 saturated heterocycles. The molecule has 0 spiro atoms. The first-order chi connectivity index (χ1) is 4.79. The third-order valence-electron chi connectivity index (χ3n) is 2.70. The van der Waals surface area contributed by atoms with Crippen LogP contribution in [-0.4, -0.2) is 36.7 Å². The van der Waals surface area contributed by atoms with Gasteiger partial charge in [-0.15, -0.1) is 0 Å². The van der Waals surface area contributed by atoms with E-state index in [2.05, 4.69) is 18.7 Å². The van der Waals surface area contributed by atoms with Crippen molar-refractivity contribution < 1.29 is 4.74 Å². The molecule has 2 fully saturated rings. The summed E-state index contributed by atoms with van der Waals surface area (Å²) in [6.07, 6.45) is 0. The number of ether oxygens (including phenoxy) is 1.